The van der Waals surface area contributed by atoms with Crippen LogP contribution in [0.1, 0.15) is 51.7 Å². The predicted molar refractivity (Wildman–Crippen MR) is 260 cm³/mol. The highest BCUT2D eigenvalue weighted by Crippen LogP contribution is 2.48. The van der Waals surface area contributed by atoms with E-state index in [4.69, 9.17) is 9.40 Å². The van der Waals surface area contributed by atoms with E-state index in [0.29, 0.717) is 5.89 Å². The maximum atomic E-state index is 6.51. The van der Waals surface area contributed by atoms with Crippen LogP contribution in [0.4, 0.5) is 11.4 Å². The van der Waals surface area contributed by atoms with Gasteiger partial charge in [-0.15, -0.1) is 0 Å². The van der Waals surface area contributed by atoms with Gasteiger partial charge in [-0.1, -0.05) is 142 Å². The number of nitrogens with zero attached hydrogens (tertiary/aromatic N) is 2. The van der Waals surface area contributed by atoms with Gasteiger partial charge in [-0.3, -0.25) is 0 Å². The Morgan fingerprint density at radius 3 is 2.02 bits per heavy atom. The van der Waals surface area contributed by atoms with E-state index >= 15 is 0 Å². The molecule has 1 aliphatic heterocycles. The molecule has 0 amide bonds. The van der Waals surface area contributed by atoms with Crippen LogP contribution in [0.25, 0.3) is 83.4 Å². The number of hydrogen-bond donors (Lipinski definition) is 1. The molecule has 4 nitrogen and oxygen atoms in total. The third kappa shape index (κ3) is 5.79. The van der Waals surface area contributed by atoms with E-state index in [1.54, 1.807) is 0 Å². The number of anilines is 2. The summed E-state index contributed by atoms with van der Waals surface area (Å²) in [6.07, 6.45) is 2.36. The van der Waals surface area contributed by atoms with E-state index in [0.717, 1.165) is 50.3 Å². The van der Waals surface area contributed by atoms with Crippen LogP contribution in [0.15, 0.2) is 174 Å². The zero-order valence-electron chi connectivity index (χ0n) is 35.5. The molecule has 2 aliphatic rings. The van der Waals surface area contributed by atoms with Gasteiger partial charge in [-0.2, -0.15) is 0 Å². The van der Waals surface area contributed by atoms with Gasteiger partial charge in [0, 0.05) is 44.5 Å². The minimum Gasteiger partial charge on any atom is -0.436 e. The van der Waals surface area contributed by atoms with Crippen LogP contribution < -0.4 is 16.2 Å². The number of aromatic nitrogens is 2. The largest absolute Gasteiger partial charge is 0.436 e. The highest BCUT2D eigenvalue weighted by Gasteiger charge is 2.37. The van der Waals surface area contributed by atoms with Gasteiger partial charge in [0.25, 0.3) is 0 Å². The Bertz CT molecular complexity index is 3400. The van der Waals surface area contributed by atoms with Crippen LogP contribution in [0, 0.1) is 0 Å². The molecule has 3 heterocycles. The Hall–Kier alpha value is -7.11. The first kappa shape index (κ1) is 36.7. The first-order valence-corrected chi connectivity index (χ1v) is 21.8. The van der Waals surface area contributed by atoms with E-state index < -0.39 is 0 Å². The minimum atomic E-state index is 0.106. The summed E-state index contributed by atoms with van der Waals surface area (Å²) >= 11 is 0. The maximum Gasteiger partial charge on any atom is 0.227 e. The van der Waals surface area contributed by atoms with Crippen molar-refractivity contribution in [3.05, 3.63) is 181 Å². The highest BCUT2D eigenvalue weighted by molar-refractivity contribution is 6.74. The van der Waals surface area contributed by atoms with Gasteiger partial charge >= 0.3 is 0 Å². The van der Waals surface area contributed by atoms with Gasteiger partial charge in [-0.05, 0) is 129 Å². The lowest BCUT2D eigenvalue weighted by Gasteiger charge is -2.42. The standard InChI is InChI=1S/C57H45BN3O/c1-56(2)28-29-57(3,4)45-31-39(25-26-44(45)56)59-47-23-15-14-22-40(47)42-32-41(36-18-10-6-11-19-36)52-43-30-38(35-16-8-5-9-17-35)24-27-49(43)61-50-34-48-51(33-46(50)58-53(42)54(52)61)62-55(60-48)37-20-12-7-13-21-37/h5-27,30-34,59H,28-29H2,1-4H3. The Labute approximate surface area is 363 Å². The smallest absolute Gasteiger partial charge is 0.227 e. The van der Waals surface area contributed by atoms with Crippen LogP contribution in [-0.4, -0.2) is 16.8 Å². The molecule has 10 aromatic rings. The Kier molecular flexibility index (Phi) is 8.12. The number of para-hydroxylation sites is 1. The molecule has 0 unspecified atom stereocenters. The highest BCUT2D eigenvalue weighted by atomic mass is 16.3. The number of rotatable bonds is 6. The third-order valence-electron chi connectivity index (χ3n) is 13.7. The first-order valence-electron chi connectivity index (χ1n) is 21.8. The summed E-state index contributed by atoms with van der Waals surface area (Å²) in [5.74, 6) is 0.622. The summed E-state index contributed by atoms with van der Waals surface area (Å²) in [6.45, 7) is 9.58. The second-order valence-corrected chi connectivity index (χ2v) is 18.5. The monoisotopic (exact) mass is 798 g/mol. The maximum absolute atomic E-state index is 6.51. The Balaban J connectivity index is 1.12. The van der Waals surface area contributed by atoms with Gasteiger partial charge in [0.1, 0.15) is 5.52 Å². The average Bonchev–Trinajstić information content (AvgIpc) is 3.88. The fourth-order valence-corrected chi connectivity index (χ4v) is 10.3. The van der Waals surface area contributed by atoms with Crippen LogP contribution >= 0.6 is 0 Å². The summed E-state index contributed by atoms with van der Waals surface area (Å²) in [7, 11) is 2.38. The molecule has 1 aliphatic carbocycles. The van der Waals surface area contributed by atoms with E-state index in [1.807, 2.05) is 18.2 Å². The molecule has 12 rings (SSSR count). The van der Waals surface area contributed by atoms with Gasteiger partial charge in [-0.25, -0.2) is 4.98 Å². The number of oxazole rings is 1. The molecule has 0 atom stereocenters. The van der Waals surface area contributed by atoms with Gasteiger partial charge in [0.2, 0.25) is 5.89 Å². The summed E-state index contributed by atoms with van der Waals surface area (Å²) in [5.41, 5.74) is 20.7. The molecule has 62 heavy (non-hydrogen) atoms. The van der Waals surface area contributed by atoms with Crippen LogP contribution in [-0.2, 0) is 10.8 Å². The predicted octanol–water partition coefficient (Wildman–Crippen LogP) is 13.7. The number of nitrogens with one attached hydrogen (secondary N) is 1. The molecule has 2 aromatic heterocycles. The Morgan fingerprint density at radius 1 is 0.581 bits per heavy atom. The van der Waals surface area contributed by atoms with Gasteiger partial charge in [0.05, 0.1) is 5.52 Å². The summed E-state index contributed by atoms with van der Waals surface area (Å²) in [4.78, 5) is 5.05. The average molecular weight is 799 g/mol. The fraction of sp³-hybridized carbons (Fsp3) is 0.140. The normalized spacial score (nSPS) is 14.7. The lowest BCUT2D eigenvalue weighted by molar-refractivity contribution is 0.332. The number of benzene rings is 8. The van der Waals surface area contributed by atoms with E-state index in [1.165, 1.54) is 73.5 Å². The van der Waals surface area contributed by atoms with Crippen molar-refractivity contribution in [1.82, 2.24) is 9.55 Å². The molecule has 1 N–H and O–H groups in total. The quantitative estimate of drug-likeness (QED) is 0.170. The van der Waals surface area contributed by atoms with Crippen molar-refractivity contribution in [2.24, 2.45) is 0 Å². The fourth-order valence-electron chi connectivity index (χ4n) is 10.3. The molecule has 0 fully saturated rings. The lowest BCUT2D eigenvalue weighted by atomic mass is 9.58. The molecule has 0 spiro atoms. The first-order chi connectivity index (χ1) is 30.2. The molecular weight excluding hydrogens is 753 g/mol. The van der Waals surface area contributed by atoms with E-state index in [9.17, 15) is 0 Å². The van der Waals surface area contributed by atoms with Crippen molar-refractivity contribution >= 4 is 62.5 Å². The zero-order valence-corrected chi connectivity index (χ0v) is 35.5. The van der Waals surface area contributed by atoms with Crippen LogP contribution in [0.2, 0.25) is 0 Å². The van der Waals surface area contributed by atoms with Crippen molar-refractivity contribution in [2.45, 2.75) is 51.4 Å². The van der Waals surface area contributed by atoms with Crippen molar-refractivity contribution < 1.29 is 4.42 Å². The second kappa shape index (κ2) is 13.7. The molecule has 1 radical (unpaired) electrons. The van der Waals surface area contributed by atoms with Crippen molar-refractivity contribution in [2.75, 3.05) is 5.32 Å². The van der Waals surface area contributed by atoms with Crippen LogP contribution in [0.5, 0.6) is 0 Å². The SMILES string of the molecule is CC1(C)CCC(C)(C)c2cc(Nc3ccccc3-c3cc(-c4ccccc4)c4c5cc(-c6ccccc6)ccc5n5c4c3[B]c3cc4oc(-c6ccccc6)nc4cc3-5)ccc21. The van der Waals surface area contributed by atoms with E-state index in [-0.39, 0.29) is 10.8 Å². The summed E-state index contributed by atoms with van der Waals surface area (Å²) in [6, 6.07) is 61.4. The number of fused-ring (bicyclic) bond motifs is 7. The molecule has 0 saturated heterocycles. The molecule has 0 bridgehead atoms. The zero-order chi connectivity index (χ0) is 41.7. The third-order valence-corrected chi connectivity index (χ3v) is 13.7. The van der Waals surface area contributed by atoms with Gasteiger partial charge in [0.15, 0.2) is 12.9 Å². The van der Waals surface area contributed by atoms with E-state index in [2.05, 4.69) is 197 Å². The summed E-state index contributed by atoms with van der Waals surface area (Å²) in [5, 5.41) is 6.40. The van der Waals surface area contributed by atoms with Crippen molar-refractivity contribution in [3.63, 3.8) is 0 Å². The second-order valence-electron chi connectivity index (χ2n) is 18.5. The molecule has 5 heteroatoms. The lowest BCUT2D eigenvalue weighted by Crippen LogP contribution is -2.37. The molecular formula is C57H45BN3O. The van der Waals surface area contributed by atoms with Crippen molar-refractivity contribution in [1.29, 1.82) is 0 Å². The van der Waals surface area contributed by atoms with Gasteiger partial charge < -0.3 is 14.3 Å². The van der Waals surface area contributed by atoms with Crippen LogP contribution in [0.3, 0.4) is 0 Å². The Morgan fingerprint density at radius 2 is 1.26 bits per heavy atom. The number of hydrogen-bond acceptors (Lipinski definition) is 3. The topological polar surface area (TPSA) is 43.0 Å². The summed E-state index contributed by atoms with van der Waals surface area (Å²) < 4.78 is 8.99. The molecule has 8 aromatic carbocycles. The minimum absolute atomic E-state index is 0.106. The van der Waals surface area contributed by atoms with Crippen molar-refractivity contribution in [3.8, 4) is 50.5 Å². The molecule has 0 saturated carbocycles. The molecule has 297 valence electrons.